The first kappa shape index (κ1) is 18.2. The van der Waals surface area contributed by atoms with Gasteiger partial charge in [0, 0.05) is 5.02 Å². The molecule has 0 saturated heterocycles. The van der Waals surface area contributed by atoms with Crippen LogP contribution in [0.25, 0.3) is 10.8 Å². The van der Waals surface area contributed by atoms with Crippen LogP contribution in [-0.2, 0) is 22.4 Å². The lowest BCUT2D eigenvalue weighted by atomic mass is 10.1. The number of rotatable bonds is 5. The van der Waals surface area contributed by atoms with Crippen LogP contribution in [0.1, 0.15) is 17.0 Å². The summed E-state index contributed by atoms with van der Waals surface area (Å²) >= 11 is 7.32. The van der Waals surface area contributed by atoms with Crippen LogP contribution in [-0.4, -0.2) is 16.8 Å². The zero-order valence-corrected chi connectivity index (χ0v) is 15.5. The lowest BCUT2D eigenvalue weighted by molar-refractivity contribution is -0.128. The third kappa shape index (κ3) is 4.71. The fourth-order valence-electron chi connectivity index (χ4n) is 2.27. The first-order valence-corrected chi connectivity index (χ1v) is 9.09. The van der Waals surface area contributed by atoms with Crippen LogP contribution in [0.3, 0.4) is 0 Å². The van der Waals surface area contributed by atoms with Crippen molar-refractivity contribution in [2.75, 3.05) is 0 Å². The Morgan fingerprint density at radius 1 is 1.12 bits per heavy atom. The second-order valence-electron chi connectivity index (χ2n) is 5.58. The lowest BCUT2D eigenvalue weighted by Gasteiger charge is -2.07. The molecule has 0 aliphatic rings. The summed E-state index contributed by atoms with van der Waals surface area (Å²) in [7, 11) is 0. The summed E-state index contributed by atoms with van der Waals surface area (Å²) in [4.78, 5) is 29.2. The minimum atomic E-state index is -0.372. The maximum atomic E-state index is 12.0. The normalized spacial score (nSPS) is 10.5. The molecule has 0 aliphatic heterocycles. The number of oxazole rings is 1. The zero-order valence-electron chi connectivity index (χ0n) is 13.9. The maximum absolute atomic E-state index is 12.0. The van der Waals surface area contributed by atoms with Crippen LogP contribution in [0.5, 0.6) is 0 Å². The van der Waals surface area contributed by atoms with Gasteiger partial charge in [-0.1, -0.05) is 29.8 Å². The van der Waals surface area contributed by atoms with Gasteiger partial charge < -0.3 is 4.42 Å². The van der Waals surface area contributed by atoms with Crippen molar-refractivity contribution in [1.29, 1.82) is 0 Å². The summed E-state index contributed by atoms with van der Waals surface area (Å²) in [6.07, 6.45) is 0.158. The fraction of sp³-hybridized carbons (Fsp3) is 0.167. The molecular weight excluding hydrogens is 374 g/mol. The highest BCUT2D eigenvalue weighted by molar-refractivity contribution is 7.13. The summed E-state index contributed by atoms with van der Waals surface area (Å²) in [6, 6.07) is 10.7. The second kappa shape index (κ2) is 8.16. The molecule has 6 nitrogen and oxygen atoms in total. The Balaban J connectivity index is 1.51. The molecule has 1 aromatic carbocycles. The molecule has 3 aromatic rings. The predicted octanol–water partition coefficient (Wildman–Crippen LogP) is 3.30. The van der Waals surface area contributed by atoms with Crippen molar-refractivity contribution in [1.82, 2.24) is 15.8 Å². The second-order valence-corrected chi connectivity index (χ2v) is 6.96. The minimum absolute atomic E-state index is 0.0158. The Morgan fingerprint density at radius 2 is 1.81 bits per heavy atom. The summed E-state index contributed by atoms with van der Waals surface area (Å²) in [5.74, 6) is 0.378. The number of aryl methyl sites for hydroxylation is 1. The number of hydrazine groups is 1. The van der Waals surface area contributed by atoms with Gasteiger partial charge in [0.25, 0.3) is 0 Å². The van der Waals surface area contributed by atoms with E-state index in [0.717, 1.165) is 10.4 Å². The van der Waals surface area contributed by atoms with Crippen molar-refractivity contribution in [3.63, 3.8) is 0 Å². The van der Waals surface area contributed by atoms with E-state index >= 15 is 0 Å². The molecule has 26 heavy (non-hydrogen) atoms. The van der Waals surface area contributed by atoms with Crippen molar-refractivity contribution in [2.45, 2.75) is 19.8 Å². The van der Waals surface area contributed by atoms with Gasteiger partial charge in [-0.2, -0.15) is 0 Å². The van der Waals surface area contributed by atoms with Gasteiger partial charge in [0.15, 0.2) is 0 Å². The highest BCUT2D eigenvalue weighted by Gasteiger charge is 2.15. The highest BCUT2D eigenvalue weighted by atomic mass is 35.5. The van der Waals surface area contributed by atoms with Gasteiger partial charge in [0.1, 0.15) is 5.76 Å². The number of hydrogen-bond acceptors (Lipinski definition) is 5. The Hall–Kier alpha value is -2.64. The number of benzene rings is 1. The Morgan fingerprint density at radius 3 is 2.46 bits per heavy atom. The van der Waals surface area contributed by atoms with E-state index in [-0.39, 0.29) is 24.7 Å². The topological polar surface area (TPSA) is 84.2 Å². The van der Waals surface area contributed by atoms with Crippen molar-refractivity contribution in [3.8, 4) is 10.8 Å². The molecule has 0 saturated carbocycles. The SMILES string of the molecule is Cc1oc(-c2cccs2)nc1CC(=O)NNC(=O)Cc1ccc(Cl)cc1. The smallest absolute Gasteiger partial charge is 0.244 e. The van der Waals surface area contributed by atoms with Crippen molar-refractivity contribution < 1.29 is 14.0 Å². The largest absolute Gasteiger partial charge is 0.440 e. The summed E-state index contributed by atoms with van der Waals surface area (Å²) in [6.45, 7) is 1.76. The van der Waals surface area contributed by atoms with Crippen molar-refractivity contribution in [2.24, 2.45) is 0 Å². The number of hydrogen-bond donors (Lipinski definition) is 2. The summed E-state index contributed by atoms with van der Waals surface area (Å²) < 4.78 is 5.60. The highest BCUT2D eigenvalue weighted by Crippen LogP contribution is 2.25. The Kier molecular flexibility index (Phi) is 5.70. The number of nitrogens with zero attached hydrogens (tertiary/aromatic N) is 1. The zero-order chi connectivity index (χ0) is 18.5. The molecule has 0 spiro atoms. The fourth-order valence-corrected chi connectivity index (χ4v) is 3.04. The van der Waals surface area contributed by atoms with Gasteiger partial charge in [-0.25, -0.2) is 4.98 Å². The maximum Gasteiger partial charge on any atom is 0.244 e. The molecule has 2 aromatic heterocycles. The first-order chi connectivity index (χ1) is 12.5. The molecule has 2 amide bonds. The molecule has 0 bridgehead atoms. The third-order valence-corrected chi connectivity index (χ3v) is 4.68. The van der Waals surface area contributed by atoms with E-state index in [1.807, 2.05) is 17.5 Å². The average Bonchev–Trinajstić information content (AvgIpc) is 3.26. The van der Waals surface area contributed by atoms with Crippen molar-refractivity contribution in [3.05, 3.63) is 63.8 Å². The molecule has 0 fully saturated rings. The van der Waals surface area contributed by atoms with Gasteiger partial charge in [-0.05, 0) is 36.1 Å². The number of amides is 2. The average molecular weight is 390 g/mol. The van der Waals surface area contributed by atoms with Gasteiger partial charge in [0.2, 0.25) is 17.7 Å². The Bertz CT molecular complexity index is 904. The number of halogens is 1. The molecule has 2 N–H and O–H groups in total. The number of thiophene rings is 1. The number of aromatic nitrogens is 1. The van der Waals surface area contributed by atoms with Crippen LogP contribution < -0.4 is 10.9 Å². The number of nitrogens with one attached hydrogen (secondary N) is 2. The Labute approximate surface area is 159 Å². The van der Waals surface area contributed by atoms with Crippen LogP contribution in [0.4, 0.5) is 0 Å². The van der Waals surface area contributed by atoms with E-state index in [9.17, 15) is 9.59 Å². The monoisotopic (exact) mass is 389 g/mol. The molecule has 0 radical (unpaired) electrons. The van der Waals surface area contributed by atoms with Gasteiger partial charge in [0.05, 0.1) is 23.4 Å². The van der Waals surface area contributed by atoms with Gasteiger partial charge in [-0.3, -0.25) is 20.4 Å². The van der Waals surface area contributed by atoms with Crippen LogP contribution >= 0.6 is 22.9 Å². The number of carbonyl (C=O) groups is 2. The molecular formula is C18H16ClN3O3S. The first-order valence-electron chi connectivity index (χ1n) is 7.83. The third-order valence-electron chi connectivity index (χ3n) is 3.57. The van der Waals surface area contributed by atoms with Gasteiger partial charge >= 0.3 is 0 Å². The van der Waals surface area contributed by atoms with Crippen LogP contribution in [0.15, 0.2) is 46.2 Å². The van der Waals surface area contributed by atoms with E-state index in [0.29, 0.717) is 22.4 Å². The van der Waals surface area contributed by atoms with E-state index in [2.05, 4.69) is 15.8 Å². The van der Waals surface area contributed by atoms with E-state index in [1.54, 1.807) is 31.2 Å². The van der Waals surface area contributed by atoms with E-state index in [4.69, 9.17) is 16.0 Å². The van der Waals surface area contributed by atoms with E-state index in [1.165, 1.54) is 11.3 Å². The molecule has 8 heteroatoms. The number of carbonyl (C=O) groups excluding carboxylic acids is 2. The van der Waals surface area contributed by atoms with E-state index < -0.39 is 0 Å². The summed E-state index contributed by atoms with van der Waals surface area (Å²) in [5.41, 5.74) is 6.12. The standard InChI is InChI=1S/C18H16ClN3O3S/c1-11-14(20-18(25-11)15-3-2-8-26-15)10-17(24)22-21-16(23)9-12-4-6-13(19)7-5-12/h2-8H,9-10H2,1H3,(H,21,23)(H,22,24). The van der Waals surface area contributed by atoms with Crippen LogP contribution in [0.2, 0.25) is 5.02 Å². The molecule has 0 aliphatic carbocycles. The van der Waals surface area contributed by atoms with Gasteiger partial charge in [-0.15, -0.1) is 11.3 Å². The minimum Gasteiger partial charge on any atom is -0.440 e. The van der Waals surface area contributed by atoms with Crippen molar-refractivity contribution >= 4 is 34.8 Å². The molecule has 3 rings (SSSR count). The summed E-state index contributed by atoms with van der Waals surface area (Å²) in [5, 5.41) is 2.53. The molecule has 134 valence electrons. The predicted molar refractivity (Wildman–Crippen MR) is 99.7 cm³/mol. The lowest BCUT2D eigenvalue weighted by Crippen LogP contribution is -2.43. The quantitative estimate of drug-likeness (QED) is 0.656. The molecule has 2 heterocycles. The molecule has 0 atom stereocenters. The molecule has 0 unspecified atom stereocenters. The van der Waals surface area contributed by atoms with Crippen LogP contribution in [0, 0.1) is 6.92 Å².